The standard InChI is InChI=1S/C16H16N2O/c1-16(2,3)19-15-8-6-13(7-9-15)4-5-14(12-18)10-11-17/h4-10H,1-3H3/b5-4?,14-10+. The summed E-state index contributed by atoms with van der Waals surface area (Å²) in [5, 5.41) is 17.2. The number of nitrogens with zero attached hydrogens (tertiary/aromatic N) is 2. The first-order valence-electron chi connectivity index (χ1n) is 5.91. The van der Waals surface area contributed by atoms with Crippen molar-refractivity contribution in [1.82, 2.24) is 0 Å². The fourth-order valence-electron chi connectivity index (χ4n) is 1.37. The molecule has 0 N–H and O–H groups in total. The second kappa shape index (κ2) is 6.42. The average Bonchev–Trinajstić information content (AvgIpc) is 2.34. The molecule has 3 nitrogen and oxygen atoms in total. The van der Waals surface area contributed by atoms with E-state index in [2.05, 4.69) is 0 Å². The summed E-state index contributed by atoms with van der Waals surface area (Å²) in [5.74, 6) is 0.803. The summed E-state index contributed by atoms with van der Waals surface area (Å²) >= 11 is 0. The molecule has 1 rings (SSSR count). The molecule has 19 heavy (non-hydrogen) atoms. The van der Waals surface area contributed by atoms with Crippen LogP contribution in [0.2, 0.25) is 0 Å². The second-order valence-corrected chi connectivity index (χ2v) is 4.96. The van der Waals surface area contributed by atoms with Gasteiger partial charge in [0, 0.05) is 6.08 Å². The summed E-state index contributed by atoms with van der Waals surface area (Å²) in [7, 11) is 0. The first kappa shape index (κ1) is 14.5. The molecular weight excluding hydrogens is 236 g/mol. The first-order valence-corrected chi connectivity index (χ1v) is 5.91. The van der Waals surface area contributed by atoms with Crippen molar-refractivity contribution in [1.29, 1.82) is 10.5 Å². The largest absolute Gasteiger partial charge is 0.488 e. The van der Waals surface area contributed by atoms with Gasteiger partial charge in [0.05, 0.1) is 17.7 Å². The van der Waals surface area contributed by atoms with Crippen LogP contribution in [-0.4, -0.2) is 5.60 Å². The molecule has 0 aliphatic heterocycles. The fourth-order valence-corrected chi connectivity index (χ4v) is 1.37. The van der Waals surface area contributed by atoms with Crippen molar-refractivity contribution in [3.05, 3.63) is 47.6 Å². The number of ether oxygens (including phenoxy) is 1. The van der Waals surface area contributed by atoms with Crippen molar-refractivity contribution in [3.63, 3.8) is 0 Å². The quantitative estimate of drug-likeness (QED) is 0.606. The molecule has 0 heterocycles. The summed E-state index contributed by atoms with van der Waals surface area (Å²) in [5.41, 5.74) is 1.05. The molecule has 0 bridgehead atoms. The molecule has 0 saturated heterocycles. The van der Waals surface area contributed by atoms with Crippen molar-refractivity contribution in [2.24, 2.45) is 0 Å². The molecule has 0 aliphatic carbocycles. The van der Waals surface area contributed by atoms with Gasteiger partial charge in [0.25, 0.3) is 0 Å². The van der Waals surface area contributed by atoms with Gasteiger partial charge in [-0.3, -0.25) is 0 Å². The first-order chi connectivity index (χ1) is 8.94. The lowest BCUT2D eigenvalue weighted by atomic mass is 10.1. The van der Waals surface area contributed by atoms with E-state index in [0.29, 0.717) is 5.57 Å². The molecular formula is C16H16N2O. The molecule has 0 amide bonds. The molecule has 3 heteroatoms. The van der Waals surface area contributed by atoms with Crippen molar-refractivity contribution in [3.8, 4) is 17.9 Å². The third-order valence-corrected chi connectivity index (χ3v) is 2.11. The van der Waals surface area contributed by atoms with Crippen LogP contribution in [0.1, 0.15) is 26.3 Å². The highest BCUT2D eigenvalue weighted by atomic mass is 16.5. The monoisotopic (exact) mass is 252 g/mol. The molecule has 0 unspecified atom stereocenters. The second-order valence-electron chi connectivity index (χ2n) is 4.96. The van der Waals surface area contributed by atoms with Crippen molar-refractivity contribution < 1.29 is 4.74 Å². The predicted molar refractivity (Wildman–Crippen MR) is 75.2 cm³/mol. The lowest BCUT2D eigenvalue weighted by Gasteiger charge is -2.21. The highest BCUT2D eigenvalue weighted by Crippen LogP contribution is 2.19. The predicted octanol–water partition coefficient (Wildman–Crippen LogP) is 3.85. The van der Waals surface area contributed by atoms with Crippen LogP contribution in [-0.2, 0) is 0 Å². The minimum Gasteiger partial charge on any atom is -0.488 e. The Morgan fingerprint density at radius 2 is 1.79 bits per heavy atom. The van der Waals surface area contributed by atoms with E-state index in [1.54, 1.807) is 12.2 Å². The minimum atomic E-state index is -0.221. The zero-order valence-corrected chi connectivity index (χ0v) is 11.3. The van der Waals surface area contributed by atoms with E-state index >= 15 is 0 Å². The average molecular weight is 252 g/mol. The molecule has 0 atom stereocenters. The van der Waals surface area contributed by atoms with Crippen molar-refractivity contribution in [2.75, 3.05) is 0 Å². The van der Waals surface area contributed by atoms with E-state index in [1.165, 1.54) is 6.08 Å². The number of hydrogen-bond donors (Lipinski definition) is 0. The Morgan fingerprint density at radius 1 is 1.16 bits per heavy atom. The van der Waals surface area contributed by atoms with Gasteiger partial charge in [-0.15, -0.1) is 0 Å². The molecule has 0 fully saturated rings. The molecule has 0 saturated carbocycles. The maximum Gasteiger partial charge on any atom is 0.120 e. The van der Waals surface area contributed by atoms with Crippen LogP contribution in [0.3, 0.4) is 0 Å². The maximum absolute atomic E-state index is 8.77. The van der Waals surface area contributed by atoms with E-state index in [4.69, 9.17) is 15.3 Å². The summed E-state index contributed by atoms with van der Waals surface area (Å²) in [6.45, 7) is 5.98. The van der Waals surface area contributed by atoms with Gasteiger partial charge in [0.15, 0.2) is 0 Å². The summed E-state index contributed by atoms with van der Waals surface area (Å²) in [4.78, 5) is 0. The lowest BCUT2D eigenvalue weighted by molar-refractivity contribution is 0.131. The summed E-state index contributed by atoms with van der Waals surface area (Å²) < 4.78 is 5.71. The Labute approximate surface area is 114 Å². The van der Waals surface area contributed by atoms with E-state index in [9.17, 15) is 0 Å². The molecule has 1 aromatic carbocycles. The smallest absolute Gasteiger partial charge is 0.120 e. The third-order valence-electron chi connectivity index (χ3n) is 2.11. The highest BCUT2D eigenvalue weighted by molar-refractivity contribution is 5.56. The normalized spacial score (nSPS) is 11.9. The number of hydrogen-bond acceptors (Lipinski definition) is 3. The third kappa shape index (κ3) is 5.57. The van der Waals surface area contributed by atoms with E-state index in [-0.39, 0.29) is 5.60 Å². The van der Waals surface area contributed by atoms with Crippen LogP contribution >= 0.6 is 0 Å². The topological polar surface area (TPSA) is 56.8 Å². The lowest BCUT2D eigenvalue weighted by Crippen LogP contribution is -2.22. The molecule has 0 aromatic heterocycles. The van der Waals surface area contributed by atoms with Gasteiger partial charge in [0.2, 0.25) is 0 Å². The molecule has 1 aromatic rings. The number of nitriles is 2. The van der Waals surface area contributed by atoms with Gasteiger partial charge in [-0.05, 0) is 44.5 Å². The molecule has 0 aliphatic rings. The van der Waals surface area contributed by atoms with Gasteiger partial charge in [-0.1, -0.05) is 18.2 Å². The van der Waals surface area contributed by atoms with E-state index in [0.717, 1.165) is 11.3 Å². The maximum atomic E-state index is 8.77. The summed E-state index contributed by atoms with van der Waals surface area (Å²) in [6, 6.07) is 11.3. The molecule has 0 radical (unpaired) electrons. The SMILES string of the molecule is CC(C)(C)Oc1ccc(C=C/C(C#N)=C\C#N)cc1. The Hall–Kier alpha value is -2.52. The summed E-state index contributed by atoms with van der Waals surface area (Å²) in [6.07, 6.45) is 4.61. The van der Waals surface area contributed by atoms with Crippen LogP contribution in [0, 0.1) is 22.7 Å². The molecule has 96 valence electrons. The minimum absolute atomic E-state index is 0.221. The van der Waals surface area contributed by atoms with Crippen LogP contribution in [0.15, 0.2) is 42.0 Å². The van der Waals surface area contributed by atoms with Gasteiger partial charge in [0.1, 0.15) is 11.4 Å². The van der Waals surface area contributed by atoms with Gasteiger partial charge < -0.3 is 4.74 Å². The Kier molecular flexibility index (Phi) is 4.92. The van der Waals surface area contributed by atoms with E-state index < -0.39 is 0 Å². The highest BCUT2D eigenvalue weighted by Gasteiger charge is 2.10. The van der Waals surface area contributed by atoms with Crippen molar-refractivity contribution in [2.45, 2.75) is 26.4 Å². The number of allylic oxidation sites excluding steroid dienone is 3. The van der Waals surface area contributed by atoms with Gasteiger partial charge in [-0.2, -0.15) is 10.5 Å². The van der Waals surface area contributed by atoms with Crippen LogP contribution in [0.4, 0.5) is 0 Å². The molecule has 0 spiro atoms. The zero-order valence-electron chi connectivity index (χ0n) is 11.3. The number of benzene rings is 1. The van der Waals surface area contributed by atoms with Gasteiger partial charge in [-0.25, -0.2) is 0 Å². The van der Waals surface area contributed by atoms with Crippen LogP contribution in [0.5, 0.6) is 5.75 Å². The Balaban J connectivity index is 2.79. The number of rotatable bonds is 3. The Bertz CT molecular complexity index is 561. The van der Waals surface area contributed by atoms with E-state index in [1.807, 2.05) is 57.2 Å². The van der Waals surface area contributed by atoms with Crippen LogP contribution < -0.4 is 4.74 Å². The Morgan fingerprint density at radius 3 is 2.26 bits per heavy atom. The zero-order chi connectivity index (χ0) is 14.3. The van der Waals surface area contributed by atoms with Crippen molar-refractivity contribution >= 4 is 6.08 Å². The fraction of sp³-hybridized carbons (Fsp3) is 0.250. The van der Waals surface area contributed by atoms with Crippen LogP contribution in [0.25, 0.3) is 6.08 Å². The van der Waals surface area contributed by atoms with Gasteiger partial charge >= 0.3 is 0 Å².